The van der Waals surface area contributed by atoms with Gasteiger partial charge in [-0.1, -0.05) is 17.3 Å². The monoisotopic (exact) mass is 370 g/mol. The molecular formula is C19H18N2O6. The zero-order chi connectivity index (χ0) is 19.4. The third kappa shape index (κ3) is 4.41. The van der Waals surface area contributed by atoms with E-state index in [0.717, 1.165) is 5.56 Å². The Bertz CT molecular complexity index is 892. The fraction of sp³-hybridized carbons (Fsp3) is 0.263. The quantitative estimate of drug-likeness (QED) is 0.455. The van der Waals surface area contributed by atoms with E-state index in [1.807, 2.05) is 13.0 Å². The summed E-state index contributed by atoms with van der Waals surface area (Å²) in [6.07, 6.45) is 0.359. The molecule has 0 bridgehead atoms. The van der Waals surface area contributed by atoms with Crippen molar-refractivity contribution in [3.05, 3.63) is 63.7 Å². The molecule has 1 aliphatic rings. The molecule has 1 atom stereocenters. The number of non-ortho nitro benzene ring substituents is 1. The molecule has 0 saturated carbocycles. The fourth-order valence-electron chi connectivity index (χ4n) is 2.73. The van der Waals surface area contributed by atoms with Crippen molar-refractivity contribution in [3.63, 3.8) is 0 Å². The van der Waals surface area contributed by atoms with Crippen molar-refractivity contribution in [2.45, 2.75) is 25.9 Å². The van der Waals surface area contributed by atoms with Gasteiger partial charge in [0, 0.05) is 30.2 Å². The highest BCUT2D eigenvalue weighted by atomic mass is 16.7. The summed E-state index contributed by atoms with van der Waals surface area (Å²) in [6, 6.07) is 11.1. The van der Waals surface area contributed by atoms with E-state index in [-0.39, 0.29) is 18.2 Å². The number of rotatable bonds is 5. The first-order chi connectivity index (χ1) is 13.0. The average molecular weight is 370 g/mol. The lowest BCUT2D eigenvalue weighted by atomic mass is 10.0. The van der Waals surface area contributed by atoms with Gasteiger partial charge >= 0.3 is 5.97 Å². The Morgan fingerprint density at radius 3 is 2.70 bits per heavy atom. The Morgan fingerprint density at radius 1 is 1.30 bits per heavy atom. The molecule has 0 aliphatic carbocycles. The summed E-state index contributed by atoms with van der Waals surface area (Å²) in [7, 11) is 1.57. The number of carbonyl (C=O) groups excluding carboxylic acids is 1. The number of carbonyl (C=O) groups is 1. The molecule has 1 heterocycles. The number of hydrogen-bond donors (Lipinski definition) is 0. The zero-order valence-electron chi connectivity index (χ0n) is 14.9. The minimum atomic E-state index is -0.550. The van der Waals surface area contributed by atoms with Crippen LogP contribution in [-0.2, 0) is 16.1 Å². The van der Waals surface area contributed by atoms with Crippen LogP contribution in [0.15, 0.2) is 47.6 Å². The second-order valence-electron chi connectivity index (χ2n) is 6.10. The maximum Gasteiger partial charge on any atom is 0.339 e. The SMILES string of the molecule is COc1ccc2c(c1)O[C@@H](C)C/C2=N/OC(=O)Cc1ccc([N+](=O)[O-])cc1. The number of nitro benzene ring substituents is 1. The summed E-state index contributed by atoms with van der Waals surface area (Å²) >= 11 is 0. The Balaban J connectivity index is 1.70. The van der Waals surface area contributed by atoms with Gasteiger partial charge in [-0.25, -0.2) is 4.79 Å². The third-order valence-corrected chi connectivity index (χ3v) is 4.06. The number of methoxy groups -OCH3 is 1. The zero-order valence-corrected chi connectivity index (χ0v) is 14.9. The van der Waals surface area contributed by atoms with E-state index in [1.54, 1.807) is 19.2 Å². The second-order valence-corrected chi connectivity index (χ2v) is 6.10. The Kier molecular flexibility index (Phi) is 5.35. The molecule has 1 aliphatic heterocycles. The van der Waals surface area contributed by atoms with Crippen LogP contribution in [0.5, 0.6) is 11.5 Å². The molecule has 3 rings (SSSR count). The van der Waals surface area contributed by atoms with Crippen LogP contribution in [-0.4, -0.2) is 29.8 Å². The first kappa shape index (κ1) is 18.4. The topological polar surface area (TPSA) is 100 Å². The molecule has 0 radical (unpaired) electrons. The molecule has 0 saturated heterocycles. The molecule has 140 valence electrons. The van der Waals surface area contributed by atoms with Crippen molar-refractivity contribution < 1.29 is 24.0 Å². The van der Waals surface area contributed by atoms with Crippen molar-refractivity contribution in [1.82, 2.24) is 0 Å². The maximum absolute atomic E-state index is 12.1. The maximum atomic E-state index is 12.1. The molecule has 0 N–H and O–H groups in total. The van der Waals surface area contributed by atoms with Gasteiger partial charge in [-0.3, -0.25) is 10.1 Å². The van der Waals surface area contributed by atoms with Crippen LogP contribution >= 0.6 is 0 Å². The van der Waals surface area contributed by atoms with Crippen molar-refractivity contribution in [3.8, 4) is 11.5 Å². The number of benzene rings is 2. The average Bonchev–Trinajstić information content (AvgIpc) is 2.65. The summed E-state index contributed by atoms with van der Waals surface area (Å²) in [6.45, 7) is 1.90. The van der Waals surface area contributed by atoms with Gasteiger partial charge in [-0.05, 0) is 24.6 Å². The number of nitro groups is 1. The second kappa shape index (κ2) is 7.86. The number of oxime groups is 1. The van der Waals surface area contributed by atoms with E-state index in [4.69, 9.17) is 14.3 Å². The molecule has 0 aromatic heterocycles. The lowest BCUT2D eigenvalue weighted by molar-refractivity contribution is -0.384. The predicted octanol–water partition coefficient (Wildman–Crippen LogP) is 3.26. The molecule has 2 aromatic rings. The molecule has 0 spiro atoms. The molecule has 0 amide bonds. The van der Waals surface area contributed by atoms with Crippen molar-refractivity contribution >= 4 is 17.4 Å². The highest BCUT2D eigenvalue weighted by Gasteiger charge is 2.23. The predicted molar refractivity (Wildman–Crippen MR) is 97.1 cm³/mol. The van der Waals surface area contributed by atoms with Crippen molar-refractivity contribution in [1.29, 1.82) is 0 Å². The van der Waals surface area contributed by atoms with Crippen molar-refractivity contribution in [2.75, 3.05) is 7.11 Å². The lowest BCUT2D eigenvalue weighted by Gasteiger charge is -2.24. The van der Waals surface area contributed by atoms with E-state index in [0.29, 0.717) is 29.2 Å². The number of ether oxygens (including phenoxy) is 2. The largest absolute Gasteiger partial charge is 0.497 e. The first-order valence-corrected chi connectivity index (χ1v) is 8.31. The smallest absolute Gasteiger partial charge is 0.339 e. The van der Waals surface area contributed by atoms with Crippen LogP contribution in [0.2, 0.25) is 0 Å². The van der Waals surface area contributed by atoms with Gasteiger partial charge in [0.15, 0.2) is 0 Å². The molecule has 0 fully saturated rings. The summed E-state index contributed by atoms with van der Waals surface area (Å²) < 4.78 is 11.0. The van der Waals surface area contributed by atoms with Crippen molar-refractivity contribution in [2.24, 2.45) is 5.16 Å². The normalized spacial score (nSPS) is 17.0. The molecule has 0 unspecified atom stereocenters. The Hall–Kier alpha value is -3.42. The fourth-order valence-corrected chi connectivity index (χ4v) is 2.73. The Labute approximate surface area is 155 Å². The van der Waals surface area contributed by atoms with E-state index in [9.17, 15) is 14.9 Å². The molecular weight excluding hydrogens is 352 g/mol. The summed E-state index contributed by atoms with van der Waals surface area (Å²) in [5.41, 5.74) is 1.94. The van der Waals surface area contributed by atoms with E-state index in [2.05, 4.69) is 5.16 Å². The van der Waals surface area contributed by atoms with Crippen LogP contribution in [0.4, 0.5) is 5.69 Å². The van der Waals surface area contributed by atoms with Gasteiger partial charge in [0.2, 0.25) is 0 Å². The van der Waals surface area contributed by atoms with Gasteiger partial charge in [0.05, 0.1) is 24.2 Å². The van der Waals surface area contributed by atoms with Gasteiger partial charge in [0.25, 0.3) is 5.69 Å². The number of fused-ring (bicyclic) bond motifs is 1. The van der Waals surface area contributed by atoms with Gasteiger partial charge in [-0.2, -0.15) is 0 Å². The van der Waals surface area contributed by atoms with E-state index < -0.39 is 10.9 Å². The lowest BCUT2D eigenvalue weighted by Crippen LogP contribution is -2.25. The minimum absolute atomic E-state index is 0.0315. The molecule has 8 heteroatoms. The first-order valence-electron chi connectivity index (χ1n) is 8.31. The molecule has 2 aromatic carbocycles. The van der Waals surface area contributed by atoms with Gasteiger partial charge < -0.3 is 14.3 Å². The van der Waals surface area contributed by atoms with Crippen LogP contribution < -0.4 is 9.47 Å². The summed E-state index contributed by atoms with van der Waals surface area (Å²) in [4.78, 5) is 27.3. The van der Waals surface area contributed by atoms with Gasteiger partial charge in [-0.15, -0.1) is 0 Å². The third-order valence-electron chi connectivity index (χ3n) is 4.06. The van der Waals surface area contributed by atoms with Crippen LogP contribution in [0.3, 0.4) is 0 Å². The number of nitrogens with zero attached hydrogens (tertiary/aromatic N) is 2. The van der Waals surface area contributed by atoms with Crippen LogP contribution in [0, 0.1) is 10.1 Å². The van der Waals surface area contributed by atoms with Crippen LogP contribution in [0.25, 0.3) is 0 Å². The van der Waals surface area contributed by atoms with E-state index in [1.165, 1.54) is 24.3 Å². The number of hydrogen-bond acceptors (Lipinski definition) is 7. The molecule has 27 heavy (non-hydrogen) atoms. The summed E-state index contributed by atoms with van der Waals surface area (Å²) in [5.74, 6) is 0.737. The summed E-state index contributed by atoms with van der Waals surface area (Å²) in [5, 5.41) is 14.7. The Morgan fingerprint density at radius 2 is 2.04 bits per heavy atom. The highest BCUT2D eigenvalue weighted by molar-refractivity contribution is 6.04. The standard InChI is InChI=1S/C19H18N2O6/c1-12-9-17(16-8-7-15(25-2)11-18(16)26-12)20-27-19(22)10-13-3-5-14(6-4-13)21(23)24/h3-8,11-12H,9-10H2,1-2H3/b20-17-/t12-/m0/s1. The van der Waals surface area contributed by atoms with E-state index >= 15 is 0 Å². The van der Waals surface area contributed by atoms with Crippen LogP contribution in [0.1, 0.15) is 24.5 Å². The minimum Gasteiger partial charge on any atom is -0.497 e. The highest BCUT2D eigenvalue weighted by Crippen LogP contribution is 2.31. The van der Waals surface area contributed by atoms with Gasteiger partial charge in [0.1, 0.15) is 17.6 Å². The molecule has 8 nitrogen and oxygen atoms in total.